The number of hydrogen-bond acceptors (Lipinski definition) is 6. The Kier molecular flexibility index (Phi) is 5.40. The summed E-state index contributed by atoms with van der Waals surface area (Å²) in [7, 11) is 0. The van der Waals surface area contributed by atoms with Gasteiger partial charge in [-0.1, -0.05) is 12.1 Å². The Labute approximate surface area is 171 Å². The molecule has 0 radical (unpaired) electrons. The summed E-state index contributed by atoms with van der Waals surface area (Å²) in [6.07, 6.45) is 3.62. The van der Waals surface area contributed by atoms with Crippen LogP contribution in [0.1, 0.15) is 26.8 Å². The molecule has 0 unspecified atom stereocenters. The second-order valence-electron chi connectivity index (χ2n) is 6.46. The van der Waals surface area contributed by atoms with E-state index in [4.69, 9.17) is 4.42 Å². The molecule has 146 valence electrons. The van der Waals surface area contributed by atoms with Crippen molar-refractivity contribution in [2.75, 3.05) is 31.1 Å². The van der Waals surface area contributed by atoms with E-state index >= 15 is 0 Å². The summed E-state index contributed by atoms with van der Waals surface area (Å²) < 4.78 is 19.2. The van der Waals surface area contributed by atoms with Crippen LogP contribution >= 0.6 is 11.3 Å². The van der Waals surface area contributed by atoms with Crippen LogP contribution in [0.25, 0.3) is 12.2 Å². The third-order valence-electron chi connectivity index (χ3n) is 4.59. The van der Waals surface area contributed by atoms with Gasteiger partial charge in [-0.25, -0.2) is 4.39 Å². The minimum absolute atomic E-state index is 0.207. The number of hydrogen-bond donors (Lipinski definition) is 0. The molecule has 3 aromatic rings. The van der Waals surface area contributed by atoms with E-state index in [9.17, 15) is 14.4 Å². The van der Waals surface area contributed by atoms with Crippen LogP contribution in [-0.2, 0) is 0 Å². The minimum Gasteiger partial charge on any atom is -0.420 e. The van der Waals surface area contributed by atoms with Crippen molar-refractivity contribution in [2.45, 2.75) is 0 Å². The molecule has 1 amide bonds. The number of thiophene rings is 1. The van der Waals surface area contributed by atoms with Crippen LogP contribution in [0.4, 0.5) is 10.3 Å². The Balaban J connectivity index is 1.44. The fourth-order valence-corrected chi connectivity index (χ4v) is 3.76. The number of carbonyl (C=O) groups is 1. The maximum Gasteiger partial charge on any atom is 0.254 e. The third-order valence-corrected chi connectivity index (χ3v) is 5.43. The summed E-state index contributed by atoms with van der Waals surface area (Å²) in [6.45, 7) is 1.89. The van der Waals surface area contributed by atoms with Crippen molar-refractivity contribution < 1.29 is 13.6 Å². The molecule has 0 saturated carbocycles. The van der Waals surface area contributed by atoms with Gasteiger partial charge >= 0.3 is 0 Å². The van der Waals surface area contributed by atoms with E-state index in [-0.39, 0.29) is 11.6 Å². The van der Waals surface area contributed by atoms with Gasteiger partial charge in [0.2, 0.25) is 17.5 Å². The third kappa shape index (κ3) is 4.20. The van der Waals surface area contributed by atoms with Crippen LogP contribution in [-0.4, -0.2) is 42.0 Å². The zero-order chi connectivity index (χ0) is 20.2. The predicted molar refractivity (Wildman–Crippen MR) is 109 cm³/mol. The highest BCUT2D eigenvalue weighted by atomic mass is 32.1. The van der Waals surface area contributed by atoms with Crippen LogP contribution in [0.15, 0.2) is 46.2 Å². The molecule has 0 atom stereocenters. The van der Waals surface area contributed by atoms with E-state index in [0.29, 0.717) is 43.5 Å². The first-order valence-electron chi connectivity index (χ1n) is 9.06. The van der Waals surface area contributed by atoms with E-state index in [1.807, 2.05) is 28.5 Å². The largest absolute Gasteiger partial charge is 0.420 e. The molecule has 0 bridgehead atoms. The molecule has 1 fully saturated rings. The highest BCUT2D eigenvalue weighted by molar-refractivity contribution is 7.10. The molecule has 4 rings (SSSR count). The van der Waals surface area contributed by atoms with E-state index < -0.39 is 5.82 Å². The normalized spacial score (nSPS) is 14.3. The Bertz CT molecular complexity index is 1080. The van der Waals surface area contributed by atoms with Gasteiger partial charge in [0.15, 0.2) is 0 Å². The summed E-state index contributed by atoms with van der Waals surface area (Å²) in [5.41, 5.74) is 0.553. The van der Waals surface area contributed by atoms with E-state index in [1.54, 1.807) is 28.4 Å². The van der Waals surface area contributed by atoms with Crippen LogP contribution in [0.3, 0.4) is 0 Å². The first-order chi connectivity index (χ1) is 14.1. The quantitative estimate of drug-likeness (QED) is 0.655. The summed E-state index contributed by atoms with van der Waals surface area (Å²) >= 11 is 1.60. The van der Waals surface area contributed by atoms with E-state index in [2.05, 4.69) is 11.1 Å². The van der Waals surface area contributed by atoms with Crippen LogP contribution < -0.4 is 4.90 Å². The zero-order valence-corrected chi connectivity index (χ0v) is 16.2. The molecule has 1 aromatic carbocycles. The number of amides is 1. The summed E-state index contributed by atoms with van der Waals surface area (Å²) in [4.78, 5) is 21.4. The summed E-state index contributed by atoms with van der Waals surface area (Å²) in [5.74, 6) is 0.138. The Morgan fingerprint density at radius 1 is 1.21 bits per heavy atom. The van der Waals surface area contributed by atoms with Gasteiger partial charge in [0, 0.05) is 42.7 Å². The number of carbonyl (C=O) groups excluding carboxylic acids is 1. The fourth-order valence-electron chi connectivity index (χ4n) is 3.14. The number of benzene rings is 1. The van der Waals surface area contributed by atoms with Gasteiger partial charge in [0.05, 0.1) is 0 Å². The van der Waals surface area contributed by atoms with Crippen LogP contribution in [0.5, 0.6) is 0 Å². The Morgan fingerprint density at radius 2 is 2.03 bits per heavy atom. The van der Waals surface area contributed by atoms with Crippen molar-refractivity contribution in [1.82, 2.24) is 9.88 Å². The number of nitriles is 1. The number of nitrogens with zero attached hydrogens (tertiary/aromatic N) is 4. The second-order valence-corrected chi connectivity index (χ2v) is 7.44. The van der Waals surface area contributed by atoms with Gasteiger partial charge in [-0.3, -0.25) is 4.79 Å². The molecule has 0 N–H and O–H groups in total. The summed E-state index contributed by atoms with van der Waals surface area (Å²) in [6, 6.07) is 11.7. The van der Waals surface area contributed by atoms with Gasteiger partial charge in [-0.15, -0.1) is 11.3 Å². The minimum atomic E-state index is -0.432. The standard InChI is InChI=1S/C21H17FN4O2S/c22-16-4-1-3-15(13-16)20(27)25-8-10-26(11-9-25)21-18(14-23)24-19(28-21)7-6-17-5-2-12-29-17/h1-7,12-13H,8-11H2. The van der Waals surface area contributed by atoms with Gasteiger partial charge in [0.1, 0.15) is 11.9 Å². The van der Waals surface area contributed by atoms with Crippen molar-refractivity contribution in [3.05, 3.63) is 69.6 Å². The molecule has 1 aliphatic heterocycles. The lowest BCUT2D eigenvalue weighted by atomic mass is 10.1. The molecule has 6 nitrogen and oxygen atoms in total. The lowest BCUT2D eigenvalue weighted by Gasteiger charge is -2.34. The lowest BCUT2D eigenvalue weighted by Crippen LogP contribution is -2.48. The summed E-state index contributed by atoms with van der Waals surface area (Å²) in [5, 5.41) is 11.4. The van der Waals surface area contributed by atoms with E-state index in [1.165, 1.54) is 18.2 Å². The maximum atomic E-state index is 13.4. The van der Waals surface area contributed by atoms with Crippen molar-refractivity contribution in [3.8, 4) is 6.07 Å². The average Bonchev–Trinajstić information content (AvgIpc) is 3.41. The topological polar surface area (TPSA) is 73.4 Å². The van der Waals surface area contributed by atoms with Crippen LogP contribution in [0.2, 0.25) is 0 Å². The van der Waals surface area contributed by atoms with Gasteiger partial charge < -0.3 is 14.2 Å². The van der Waals surface area contributed by atoms with E-state index in [0.717, 1.165) is 4.88 Å². The van der Waals surface area contributed by atoms with Gasteiger partial charge in [-0.2, -0.15) is 10.2 Å². The second kappa shape index (κ2) is 8.29. The lowest BCUT2D eigenvalue weighted by molar-refractivity contribution is 0.0745. The van der Waals surface area contributed by atoms with Crippen molar-refractivity contribution >= 4 is 35.3 Å². The Hall–Kier alpha value is -3.44. The molecule has 3 heterocycles. The van der Waals surface area contributed by atoms with Crippen molar-refractivity contribution in [2.24, 2.45) is 0 Å². The number of anilines is 1. The molecule has 1 saturated heterocycles. The number of aromatic nitrogens is 1. The molecule has 8 heteroatoms. The van der Waals surface area contributed by atoms with Gasteiger partial charge in [0.25, 0.3) is 5.91 Å². The first-order valence-corrected chi connectivity index (χ1v) is 9.94. The highest BCUT2D eigenvalue weighted by Gasteiger charge is 2.26. The van der Waals surface area contributed by atoms with Crippen molar-refractivity contribution in [1.29, 1.82) is 5.26 Å². The average molecular weight is 408 g/mol. The van der Waals surface area contributed by atoms with Gasteiger partial charge in [-0.05, 0) is 35.7 Å². The maximum absolute atomic E-state index is 13.4. The monoisotopic (exact) mass is 408 g/mol. The number of oxazole rings is 1. The predicted octanol–water partition coefficient (Wildman–Crippen LogP) is 3.88. The molecule has 29 heavy (non-hydrogen) atoms. The van der Waals surface area contributed by atoms with Crippen LogP contribution in [0, 0.1) is 17.1 Å². The smallest absolute Gasteiger partial charge is 0.254 e. The molecule has 2 aromatic heterocycles. The fraction of sp³-hybridized carbons (Fsp3) is 0.190. The number of rotatable bonds is 4. The molecule has 1 aliphatic rings. The molecule has 0 aliphatic carbocycles. The number of halogens is 1. The highest BCUT2D eigenvalue weighted by Crippen LogP contribution is 2.25. The first kappa shape index (κ1) is 18.9. The zero-order valence-electron chi connectivity index (χ0n) is 15.4. The molecular formula is C21H17FN4O2S. The molecular weight excluding hydrogens is 391 g/mol. The Morgan fingerprint density at radius 3 is 2.72 bits per heavy atom. The van der Waals surface area contributed by atoms with Crippen molar-refractivity contribution in [3.63, 3.8) is 0 Å². The molecule has 0 spiro atoms. The number of piperazine rings is 1. The SMILES string of the molecule is N#Cc1nc(C=Cc2cccs2)oc1N1CCN(C(=O)c2cccc(F)c2)CC1.